The van der Waals surface area contributed by atoms with Gasteiger partial charge in [0.25, 0.3) is 0 Å². The Kier molecular flexibility index (Phi) is 11.7. The molecule has 0 aromatic carbocycles. The first-order chi connectivity index (χ1) is 9.11. The van der Waals surface area contributed by atoms with Crippen LogP contribution in [0, 0.1) is 0 Å². The molecule has 19 heavy (non-hydrogen) atoms. The number of hydrogen-bond donors (Lipinski definition) is 1. The second-order valence-corrected chi connectivity index (χ2v) is 5.17. The maximum atomic E-state index is 11.6. The Hall–Kier alpha value is -0.830. The van der Waals surface area contributed by atoms with E-state index in [1.54, 1.807) is 6.92 Å². The average molecular weight is 269 g/mol. The summed E-state index contributed by atoms with van der Waals surface area (Å²) in [6, 6.07) is 0. The van der Waals surface area contributed by atoms with E-state index in [2.05, 4.69) is 25.7 Å². The van der Waals surface area contributed by atoms with Crippen molar-refractivity contribution in [2.45, 2.75) is 78.4 Å². The van der Waals surface area contributed by atoms with Crippen molar-refractivity contribution >= 4 is 5.91 Å². The summed E-state index contributed by atoms with van der Waals surface area (Å²) in [7, 11) is 0. The number of carbonyl (C=O) groups is 1. The van der Waals surface area contributed by atoms with Crippen LogP contribution in [0.25, 0.3) is 0 Å². The van der Waals surface area contributed by atoms with Crippen LogP contribution in [0.3, 0.4) is 0 Å². The Morgan fingerprint density at radius 2 is 1.74 bits per heavy atom. The van der Waals surface area contributed by atoms with Gasteiger partial charge in [-0.3, -0.25) is 4.79 Å². The summed E-state index contributed by atoms with van der Waals surface area (Å²) in [5, 5.41) is 2.91. The van der Waals surface area contributed by atoms with E-state index in [0.717, 1.165) is 25.7 Å². The first-order valence-corrected chi connectivity index (χ1v) is 7.69. The predicted molar refractivity (Wildman–Crippen MR) is 81.0 cm³/mol. The lowest BCUT2D eigenvalue weighted by Gasteiger charge is -2.19. The van der Waals surface area contributed by atoms with Gasteiger partial charge >= 0.3 is 0 Å². The molecule has 0 saturated carbocycles. The first kappa shape index (κ1) is 18.2. The molecule has 0 aliphatic rings. The van der Waals surface area contributed by atoms with Gasteiger partial charge in [0.15, 0.2) is 0 Å². The number of amides is 1. The molecule has 0 fully saturated rings. The first-order valence-electron chi connectivity index (χ1n) is 7.69. The van der Waals surface area contributed by atoms with Crippen LogP contribution in [-0.4, -0.2) is 18.7 Å². The molecule has 0 radical (unpaired) electrons. The molecular formula is C16H31NO2. The molecule has 1 atom stereocenters. The lowest BCUT2D eigenvalue weighted by atomic mass is 10.1. The lowest BCUT2D eigenvalue weighted by Crippen LogP contribution is -2.37. The van der Waals surface area contributed by atoms with Crippen LogP contribution in [0.2, 0.25) is 0 Å². The number of hydrogen-bond acceptors (Lipinski definition) is 2. The van der Waals surface area contributed by atoms with Gasteiger partial charge in [-0.05, 0) is 26.2 Å². The molecule has 1 N–H and O–H groups in total. The minimum Gasteiger partial charge on any atom is -0.359 e. The van der Waals surface area contributed by atoms with Crippen LogP contribution in [0.5, 0.6) is 0 Å². The topological polar surface area (TPSA) is 38.3 Å². The third-order valence-corrected chi connectivity index (χ3v) is 3.07. The Morgan fingerprint density at radius 3 is 2.32 bits per heavy atom. The molecule has 0 bridgehead atoms. The van der Waals surface area contributed by atoms with Crippen LogP contribution in [0.1, 0.15) is 72.1 Å². The molecule has 112 valence electrons. The molecule has 3 nitrogen and oxygen atoms in total. The van der Waals surface area contributed by atoms with Crippen LogP contribution in [0.4, 0.5) is 0 Å². The molecule has 0 aliphatic heterocycles. The third kappa shape index (κ3) is 10.8. The minimum absolute atomic E-state index is 0.102. The molecule has 0 rings (SSSR count). The molecule has 0 saturated heterocycles. The van der Waals surface area contributed by atoms with Gasteiger partial charge in [-0.2, -0.15) is 0 Å². The maximum Gasteiger partial charge on any atom is 0.248 e. The molecule has 3 heteroatoms. The summed E-state index contributed by atoms with van der Waals surface area (Å²) in [5.41, 5.74) is 0.537. The average Bonchev–Trinajstić information content (AvgIpc) is 2.38. The van der Waals surface area contributed by atoms with Crippen molar-refractivity contribution in [2.75, 3.05) is 6.61 Å². The molecule has 0 heterocycles. The number of carbonyl (C=O) groups excluding carboxylic acids is 1. The Bertz CT molecular complexity index is 251. The highest BCUT2D eigenvalue weighted by atomic mass is 16.5. The number of rotatable bonds is 12. The number of unbranched alkanes of at least 4 members (excludes halogenated alkanes) is 5. The smallest absolute Gasteiger partial charge is 0.248 e. The molecular weight excluding hydrogens is 238 g/mol. The van der Waals surface area contributed by atoms with Crippen molar-refractivity contribution < 1.29 is 9.53 Å². The van der Waals surface area contributed by atoms with Crippen molar-refractivity contribution in [1.82, 2.24) is 5.32 Å². The van der Waals surface area contributed by atoms with Crippen molar-refractivity contribution in [3.05, 3.63) is 12.2 Å². The molecule has 0 aromatic rings. The number of ether oxygens (including phenoxy) is 1. The van der Waals surface area contributed by atoms with Gasteiger partial charge in [0.2, 0.25) is 5.91 Å². The van der Waals surface area contributed by atoms with E-state index in [0.29, 0.717) is 12.2 Å². The molecule has 1 unspecified atom stereocenters. The van der Waals surface area contributed by atoms with Gasteiger partial charge in [-0.15, -0.1) is 0 Å². The van der Waals surface area contributed by atoms with Gasteiger partial charge in [0.1, 0.15) is 6.23 Å². The summed E-state index contributed by atoms with van der Waals surface area (Å²) in [4.78, 5) is 11.6. The second-order valence-electron chi connectivity index (χ2n) is 5.17. The van der Waals surface area contributed by atoms with Crippen molar-refractivity contribution in [3.63, 3.8) is 0 Å². The van der Waals surface area contributed by atoms with Crippen LogP contribution < -0.4 is 5.32 Å². The van der Waals surface area contributed by atoms with E-state index >= 15 is 0 Å². The van der Waals surface area contributed by atoms with E-state index < -0.39 is 0 Å². The van der Waals surface area contributed by atoms with Gasteiger partial charge in [-0.25, -0.2) is 0 Å². The van der Waals surface area contributed by atoms with Gasteiger partial charge in [0, 0.05) is 12.2 Å². The normalized spacial score (nSPS) is 12.2. The summed E-state index contributed by atoms with van der Waals surface area (Å²) in [6.07, 6.45) is 9.02. The maximum absolute atomic E-state index is 11.6. The third-order valence-electron chi connectivity index (χ3n) is 3.07. The van der Waals surface area contributed by atoms with Gasteiger partial charge < -0.3 is 10.1 Å². The molecule has 0 aliphatic carbocycles. The van der Waals surface area contributed by atoms with Crippen LogP contribution >= 0.6 is 0 Å². The van der Waals surface area contributed by atoms with E-state index in [1.165, 1.54) is 25.7 Å². The van der Waals surface area contributed by atoms with Crippen molar-refractivity contribution in [1.29, 1.82) is 0 Å². The van der Waals surface area contributed by atoms with Gasteiger partial charge in [-0.1, -0.05) is 52.5 Å². The molecule has 1 amide bonds. The molecule has 0 spiro atoms. The lowest BCUT2D eigenvalue weighted by molar-refractivity contribution is -0.122. The van der Waals surface area contributed by atoms with E-state index in [9.17, 15) is 4.79 Å². The van der Waals surface area contributed by atoms with E-state index in [4.69, 9.17) is 4.74 Å². The highest BCUT2D eigenvalue weighted by Gasteiger charge is 2.12. The largest absolute Gasteiger partial charge is 0.359 e. The Balaban J connectivity index is 3.95. The predicted octanol–water partition coefficient (Wildman–Crippen LogP) is 4.18. The summed E-state index contributed by atoms with van der Waals surface area (Å²) >= 11 is 0. The highest BCUT2D eigenvalue weighted by Crippen LogP contribution is 2.09. The highest BCUT2D eigenvalue weighted by molar-refractivity contribution is 5.92. The van der Waals surface area contributed by atoms with Crippen molar-refractivity contribution in [3.8, 4) is 0 Å². The monoisotopic (exact) mass is 269 g/mol. The van der Waals surface area contributed by atoms with Crippen LogP contribution in [-0.2, 0) is 9.53 Å². The van der Waals surface area contributed by atoms with E-state index in [1.807, 2.05) is 0 Å². The summed E-state index contributed by atoms with van der Waals surface area (Å²) < 4.78 is 5.74. The zero-order valence-corrected chi connectivity index (χ0v) is 13.0. The molecule has 0 aromatic heterocycles. The van der Waals surface area contributed by atoms with Crippen molar-refractivity contribution in [2.24, 2.45) is 0 Å². The fourth-order valence-corrected chi connectivity index (χ4v) is 1.77. The minimum atomic E-state index is -0.155. The zero-order valence-electron chi connectivity index (χ0n) is 13.0. The fourth-order valence-electron chi connectivity index (χ4n) is 1.77. The SMILES string of the molecule is C=C(C)C(=O)NC(CCCCCCC)OCCCC. The quantitative estimate of drug-likeness (QED) is 0.328. The van der Waals surface area contributed by atoms with Gasteiger partial charge in [0.05, 0.1) is 0 Å². The standard InChI is InChI=1S/C16H31NO2/c1-5-7-9-10-11-12-15(19-13-8-6-2)17-16(18)14(3)4/h15H,3,5-13H2,1-2,4H3,(H,17,18). The Labute approximate surface area is 118 Å². The zero-order chi connectivity index (χ0) is 14.5. The van der Waals surface area contributed by atoms with E-state index in [-0.39, 0.29) is 12.1 Å². The van der Waals surface area contributed by atoms with Crippen LogP contribution in [0.15, 0.2) is 12.2 Å². The number of nitrogens with one attached hydrogen (secondary N) is 1. The fraction of sp³-hybridized carbons (Fsp3) is 0.812. The Morgan fingerprint density at radius 1 is 1.11 bits per heavy atom. The second kappa shape index (κ2) is 12.2. The summed E-state index contributed by atoms with van der Waals surface area (Å²) in [5.74, 6) is -0.102. The summed E-state index contributed by atoms with van der Waals surface area (Å²) in [6.45, 7) is 10.4.